The van der Waals surface area contributed by atoms with Gasteiger partial charge in [-0.1, -0.05) is 0 Å². The van der Waals surface area contributed by atoms with Crippen LogP contribution in [0.15, 0.2) is 30.5 Å². The van der Waals surface area contributed by atoms with Gasteiger partial charge in [-0.15, -0.1) is 0 Å². The summed E-state index contributed by atoms with van der Waals surface area (Å²) in [7, 11) is 1.65. The Labute approximate surface area is 121 Å². The van der Waals surface area contributed by atoms with Crippen LogP contribution in [-0.2, 0) is 4.79 Å². The van der Waals surface area contributed by atoms with Crippen LogP contribution in [-0.4, -0.2) is 23.0 Å². The van der Waals surface area contributed by atoms with Crippen molar-refractivity contribution in [3.8, 4) is 5.75 Å². The van der Waals surface area contributed by atoms with Crippen LogP contribution in [0.5, 0.6) is 5.75 Å². The van der Waals surface area contributed by atoms with Crippen LogP contribution in [0.4, 0.5) is 5.82 Å². The zero-order valence-electron chi connectivity index (χ0n) is 11.6. The summed E-state index contributed by atoms with van der Waals surface area (Å²) >= 11 is 0. The number of anilines is 1. The molecule has 2 heterocycles. The zero-order chi connectivity index (χ0) is 14.4. The number of amides is 1. The maximum atomic E-state index is 11.8. The maximum Gasteiger partial charge on any atom is 0.228 e. The van der Waals surface area contributed by atoms with Crippen molar-refractivity contribution in [2.45, 2.75) is 12.8 Å². The van der Waals surface area contributed by atoms with Crippen molar-refractivity contribution in [2.24, 2.45) is 5.92 Å². The first-order valence-corrected chi connectivity index (χ1v) is 7.01. The van der Waals surface area contributed by atoms with E-state index in [4.69, 9.17) is 4.74 Å². The molecule has 0 spiro atoms. The Morgan fingerprint density at radius 1 is 1.29 bits per heavy atom. The van der Waals surface area contributed by atoms with Crippen molar-refractivity contribution in [2.75, 3.05) is 12.4 Å². The molecule has 2 N–H and O–H groups in total. The van der Waals surface area contributed by atoms with Crippen LogP contribution in [0.25, 0.3) is 21.8 Å². The van der Waals surface area contributed by atoms with Gasteiger partial charge in [-0.25, -0.2) is 4.98 Å². The molecule has 1 aromatic carbocycles. The molecule has 0 atom stereocenters. The fourth-order valence-corrected chi connectivity index (χ4v) is 2.55. The molecule has 1 saturated carbocycles. The summed E-state index contributed by atoms with van der Waals surface area (Å²) in [5.41, 5.74) is 1.94. The molecule has 0 radical (unpaired) electrons. The smallest absolute Gasteiger partial charge is 0.228 e. The normalized spacial score (nSPS) is 14.5. The average molecular weight is 281 g/mol. The SMILES string of the molecule is COc1ccc2c(c1)[nH]c1cnc(NC(=O)C3CC3)cc12. The Kier molecular flexibility index (Phi) is 2.60. The van der Waals surface area contributed by atoms with E-state index in [-0.39, 0.29) is 11.8 Å². The van der Waals surface area contributed by atoms with Gasteiger partial charge in [0.05, 0.1) is 24.3 Å². The lowest BCUT2D eigenvalue weighted by Gasteiger charge is -2.03. The van der Waals surface area contributed by atoms with Gasteiger partial charge in [-0.05, 0) is 31.0 Å². The van der Waals surface area contributed by atoms with E-state index in [2.05, 4.69) is 15.3 Å². The van der Waals surface area contributed by atoms with E-state index in [1.165, 1.54) is 0 Å². The first kappa shape index (κ1) is 12.2. The van der Waals surface area contributed by atoms with Crippen molar-refractivity contribution in [3.05, 3.63) is 30.5 Å². The first-order valence-electron chi connectivity index (χ1n) is 7.01. The van der Waals surface area contributed by atoms with E-state index in [0.29, 0.717) is 5.82 Å². The molecular weight excluding hydrogens is 266 g/mol. The van der Waals surface area contributed by atoms with E-state index >= 15 is 0 Å². The molecule has 5 heteroatoms. The van der Waals surface area contributed by atoms with Crippen LogP contribution in [0, 0.1) is 5.92 Å². The number of aromatic amines is 1. The Morgan fingerprint density at radius 2 is 2.14 bits per heavy atom. The molecule has 1 amide bonds. The zero-order valence-corrected chi connectivity index (χ0v) is 11.6. The predicted octanol–water partition coefficient (Wildman–Crippen LogP) is 3.07. The Bertz CT molecular complexity index is 849. The summed E-state index contributed by atoms with van der Waals surface area (Å²) < 4.78 is 5.24. The average Bonchev–Trinajstić information content (AvgIpc) is 3.29. The van der Waals surface area contributed by atoms with Crippen LogP contribution in [0.3, 0.4) is 0 Å². The quantitative estimate of drug-likeness (QED) is 0.775. The molecule has 3 aromatic rings. The van der Waals surface area contributed by atoms with Crippen LogP contribution in [0.1, 0.15) is 12.8 Å². The summed E-state index contributed by atoms with van der Waals surface area (Å²) in [4.78, 5) is 19.4. The number of carbonyl (C=O) groups excluding carboxylic acids is 1. The van der Waals surface area contributed by atoms with Crippen molar-refractivity contribution >= 4 is 33.5 Å². The van der Waals surface area contributed by atoms with Gasteiger partial charge in [0.2, 0.25) is 5.91 Å². The number of hydrogen-bond acceptors (Lipinski definition) is 3. The highest BCUT2D eigenvalue weighted by Gasteiger charge is 2.29. The molecule has 106 valence electrons. The molecule has 2 aromatic heterocycles. The summed E-state index contributed by atoms with van der Waals surface area (Å²) in [5.74, 6) is 1.67. The summed E-state index contributed by atoms with van der Waals surface area (Å²) in [6.45, 7) is 0. The summed E-state index contributed by atoms with van der Waals surface area (Å²) in [6.07, 6.45) is 3.73. The molecule has 1 aliphatic carbocycles. The van der Waals surface area contributed by atoms with Gasteiger partial charge >= 0.3 is 0 Å². The highest BCUT2D eigenvalue weighted by Crippen LogP contribution is 2.32. The molecule has 4 rings (SSSR count). The summed E-state index contributed by atoms with van der Waals surface area (Å²) in [6, 6.07) is 7.82. The fraction of sp³-hybridized carbons (Fsp3) is 0.250. The first-order chi connectivity index (χ1) is 10.2. The molecule has 5 nitrogen and oxygen atoms in total. The minimum absolute atomic E-state index is 0.0726. The number of methoxy groups -OCH3 is 1. The standard InChI is InChI=1S/C16H15N3O2/c1-21-10-4-5-11-12-7-15(19-16(20)9-2-3-9)17-8-14(12)18-13(11)6-10/h4-9,18H,2-3H2,1H3,(H,17,19,20). The number of nitrogens with one attached hydrogen (secondary N) is 2. The number of benzene rings is 1. The van der Waals surface area contributed by atoms with Gasteiger partial charge in [0, 0.05) is 22.8 Å². The lowest BCUT2D eigenvalue weighted by Crippen LogP contribution is -2.14. The molecule has 1 fully saturated rings. The van der Waals surface area contributed by atoms with Gasteiger partial charge in [0.25, 0.3) is 0 Å². The van der Waals surface area contributed by atoms with E-state index in [0.717, 1.165) is 40.4 Å². The number of ether oxygens (including phenoxy) is 1. The minimum atomic E-state index is 0.0726. The number of fused-ring (bicyclic) bond motifs is 3. The topological polar surface area (TPSA) is 67.0 Å². The Balaban J connectivity index is 1.78. The van der Waals surface area contributed by atoms with E-state index in [9.17, 15) is 4.79 Å². The van der Waals surface area contributed by atoms with Gasteiger partial charge in [-0.2, -0.15) is 0 Å². The third-order valence-electron chi connectivity index (χ3n) is 3.89. The fourth-order valence-electron chi connectivity index (χ4n) is 2.55. The maximum absolute atomic E-state index is 11.8. The third kappa shape index (κ3) is 2.11. The van der Waals surface area contributed by atoms with Crippen LogP contribution >= 0.6 is 0 Å². The summed E-state index contributed by atoms with van der Waals surface area (Å²) in [5, 5.41) is 5.03. The van der Waals surface area contributed by atoms with Crippen LogP contribution in [0.2, 0.25) is 0 Å². The van der Waals surface area contributed by atoms with Gasteiger partial charge in [-0.3, -0.25) is 4.79 Å². The number of nitrogens with zero attached hydrogens (tertiary/aromatic N) is 1. The molecular formula is C16H15N3O2. The molecule has 21 heavy (non-hydrogen) atoms. The van der Waals surface area contributed by atoms with Crippen molar-refractivity contribution < 1.29 is 9.53 Å². The van der Waals surface area contributed by atoms with Crippen molar-refractivity contribution in [1.82, 2.24) is 9.97 Å². The Hall–Kier alpha value is -2.56. The number of H-pyrrole nitrogens is 1. The number of aromatic nitrogens is 2. The highest BCUT2D eigenvalue weighted by atomic mass is 16.5. The minimum Gasteiger partial charge on any atom is -0.497 e. The second kappa shape index (κ2) is 4.48. The molecule has 1 aliphatic rings. The van der Waals surface area contributed by atoms with Gasteiger partial charge in [0.15, 0.2) is 0 Å². The second-order valence-electron chi connectivity index (χ2n) is 5.42. The number of rotatable bonds is 3. The van der Waals surface area contributed by atoms with E-state index in [1.54, 1.807) is 13.3 Å². The van der Waals surface area contributed by atoms with Crippen molar-refractivity contribution in [1.29, 1.82) is 0 Å². The number of pyridine rings is 1. The number of hydrogen-bond donors (Lipinski definition) is 2. The third-order valence-corrected chi connectivity index (χ3v) is 3.89. The lowest BCUT2D eigenvalue weighted by atomic mass is 10.2. The molecule has 0 bridgehead atoms. The predicted molar refractivity (Wildman–Crippen MR) is 81.5 cm³/mol. The second-order valence-corrected chi connectivity index (χ2v) is 5.42. The number of carbonyl (C=O) groups is 1. The molecule has 0 unspecified atom stereocenters. The lowest BCUT2D eigenvalue weighted by molar-refractivity contribution is -0.117. The van der Waals surface area contributed by atoms with E-state index < -0.39 is 0 Å². The van der Waals surface area contributed by atoms with Crippen molar-refractivity contribution in [3.63, 3.8) is 0 Å². The molecule has 0 aliphatic heterocycles. The Morgan fingerprint density at radius 3 is 2.90 bits per heavy atom. The van der Waals surface area contributed by atoms with Gasteiger partial charge < -0.3 is 15.0 Å². The van der Waals surface area contributed by atoms with Crippen LogP contribution < -0.4 is 10.1 Å². The molecule has 0 saturated heterocycles. The largest absolute Gasteiger partial charge is 0.497 e. The highest BCUT2D eigenvalue weighted by molar-refractivity contribution is 6.08. The monoisotopic (exact) mass is 281 g/mol. The van der Waals surface area contributed by atoms with Gasteiger partial charge in [0.1, 0.15) is 11.6 Å². The van der Waals surface area contributed by atoms with E-state index in [1.807, 2.05) is 24.3 Å².